The van der Waals surface area contributed by atoms with Crippen LogP contribution in [0, 0.1) is 27.7 Å². The van der Waals surface area contributed by atoms with E-state index < -0.39 is 42.0 Å². The zero-order chi connectivity index (χ0) is 27.9. The van der Waals surface area contributed by atoms with Crippen molar-refractivity contribution in [3.05, 3.63) is 130 Å². The molecule has 0 saturated carbocycles. The largest absolute Gasteiger partial charge is 0.238 e. The molecule has 1 heterocycles. The molecule has 0 spiro atoms. The first-order valence-corrected chi connectivity index (χ1v) is 16.9. The van der Waals surface area contributed by atoms with Crippen LogP contribution in [-0.2, 0) is 20.0 Å². The number of aryl methyl sites for hydroxylation is 4. The minimum absolute atomic E-state index is 0.216. The van der Waals surface area contributed by atoms with Crippen molar-refractivity contribution >= 4 is 29.9 Å². The summed E-state index contributed by atoms with van der Waals surface area (Å²) in [5, 5.41) is 0. The molecule has 6 nitrogen and oxygen atoms in total. The van der Waals surface area contributed by atoms with Crippen molar-refractivity contribution in [2.24, 2.45) is 0 Å². The minimum atomic E-state index is -4.03. The lowest BCUT2D eigenvalue weighted by molar-refractivity contribution is 0.377. The van der Waals surface area contributed by atoms with Gasteiger partial charge in [0.2, 0.25) is 29.9 Å². The molecule has 39 heavy (non-hydrogen) atoms. The van der Waals surface area contributed by atoms with Crippen LogP contribution in [0.3, 0.4) is 0 Å². The molecule has 4 aromatic rings. The maximum absolute atomic E-state index is 14.4. The van der Waals surface area contributed by atoms with Crippen LogP contribution in [0.4, 0.5) is 0 Å². The van der Waals surface area contributed by atoms with E-state index in [4.69, 9.17) is 0 Å². The monoisotopic (exact) mass is 576 g/mol. The smallest absolute Gasteiger partial charge is 0.207 e. The first-order valence-electron chi connectivity index (χ1n) is 12.8. The number of rotatable bonds is 6. The van der Waals surface area contributed by atoms with Crippen LogP contribution in [0.15, 0.2) is 107 Å². The SMILES string of the molecule is Cc1ccc(C)c(S(=O)(=O)N2[SiH2]N(S(=O)(=O)c3cc(C)ccc3C)[C@H](c3ccccc3)[C@H]2c2ccccc2)c1. The summed E-state index contributed by atoms with van der Waals surface area (Å²) < 4.78 is 60.7. The zero-order valence-electron chi connectivity index (χ0n) is 22.4. The molecule has 0 amide bonds. The van der Waals surface area contributed by atoms with Gasteiger partial charge in [0.05, 0.1) is 21.9 Å². The van der Waals surface area contributed by atoms with Crippen molar-refractivity contribution in [1.82, 2.24) is 7.94 Å². The standard InChI is InChI=1S/C30H32N2O4S2Si/c1-21-15-17-23(3)27(19-21)37(33,34)31-29(25-11-7-5-8-12-25)30(26-13-9-6-10-14-26)32(39-31)38(35,36)28-20-22(2)16-18-24(28)4/h5-20,29-30H,39H2,1-4H3/t29-,30-/m1/s1. The van der Waals surface area contributed by atoms with E-state index in [1.165, 1.54) is 7.94 Å². The summed E-state index contributed by atoms with van der Waals surface area (Å²) in [5.41, 5.74) is 4.44. The molecule has 4 aromatic carbocycles. The predicted molar refractivity (Wildman–Crippen MR) is 157 cm³/mol. The molecule has 0 N–H and O–H groups in total. The molecular weight excluding hydrogens is 545 g/mol. The van der Waals surface area contributed by atoms with Gasteiger partial charge in [0, 0.05) is 0 Å². The molecule has 202 valence electrons. The van der Waals surface area contributed by atoms with E-state index in [9.17, 15) is 16.8 Å². The highest BCUT2D eigenvalue weighted by Gasteiger charge is 2.52. The Bertz CT molecular complexity index is 1600. The highest BCUT2D eigenvalue weighted by atomic mass is 32.2. The Morgan fingerprint density at radius 3 is 1.26 bits per heavy atom. The normalized spacial score (nSPS) is 18.9. The molecule has 1 fully saturated rings. The second-order valence-corrected chi connectivity index (χ2v) is 16.5. The fourth-order valence-electron chi connectivity index (χ4n) is 5.30. The average Bonchev–Trinajstić information content (AvgIpc) is 3.35. The number of sulfonamides is 2. The summed E-state index contributed by atoms with van der Waals surface area (Å²) in [6, 6.07) is 28.0. The quantitative estimate of drug-likeness (QED) is 0.300. The van der Waals surface area contributed by atoms with Gasteiger partial charge in [-0.15, -0.1) is 0 Å². The molecule has 0 bridgehead atoms. The summed E-state index contributed by atoms with van der Waals surface area (Å²) in [5.74, 6) is 0. The van der Waals surface area contributed by atoms with Gasteiger partial charge in [-0.1, -0.05) is 84.9 Å². The third-order valence-corrected chi connectivity index (χ3v) is 15.1. The molecular formula is C30H32N2O4S2Si. The van der Waals surface area contributed by atoms with Crippen LogP contribution in [0.2, 0.25) is 0 Å². The van der Waals surface area contributed by atoms with Gasteiger partial charge in [0.25, 0.3) is 0 Å². The average molecular weight is 577 g/mol. The molecule has 0 unspecified atom stereocenters. The molecule has 2 atom stereocenters. The lowest BCUT2D eigenvalue weighted by atomic mass is 9.95. The van der Waals surface area contributed by atoms with E-state index >= 15 is 0 Å². The number of hydrogen-bond acceptors (Lipinski definition) is 4. The van der Waals surface area contributed by atoms with Crippen LogP contribution in [-0.4, -0.2) is 34.6 Å². The Hall–Kier alpha value is -3.08. The van der Waals surface area contributed by atoms with Gasteiger partial charge in [-0.05, 0) is 73.2 Å². The molecule has 1 aliphatic rings. The molecule has 5 rings (SSSR count). The first kappa shape index (κ1) is 27.5. The van der Waals surface area contributed by atoms with E-state index in [1.807, 2.05) is 86.6 Å². The Morgan fingerprint density at radius 1 is 0.538 bits per heavy atom. The topological polar surface area (TPSA) is 74.8 Å². The Labute approximate surface area is 234 Å². The highest BCUT2D eigenvalue weighted by Crippen LogP contribution is 2.48. The molecule has 0 radical (unpaired) electrons. The van der Waals surface area contributed by atoms with Gasteiger partial charge in [-0.3, -0.25) is 0 Å². The first-order chi connectivity index (χ1) is 18.5. The van der Waals surface area contributed by atoms with Gasteiger partial charge in [-0.2, -0.15) is 0 Å². The highest BCUT2D eigenvalue weighted by molar-refractivity contribution is 7.92. The van der Waals surface area contributed by atoms with Crippen molar-refractivity contribution in [2.45, 2.75) is 49.6 Å². The summed E-state index contributed by atoms with van der Waals surface area (Å²) in [6.07, 6.45) is 0. The van der Waals surface area contributed by atoms with E-state index in [2.05, 4.69) is 0 Å². The van der Waals surface area contributed by atoms with E-state index in [0.717, 1.165) is 22.3 Å². The van der Waals surface area contributed by atoms with Crippen molar-refractivity contribution in [1.29, 1.82) is 0 Å². The zero-order valence-corrected chi connectivity index (χ0v) is 25.5. The van der Waals surface area contributed by atoms with Crippen LogP contribution >= 0.6 is 0 Å². The van der Waals surface area contributed by atoms with Crippen LogP contribution in [0.5, 0.6) is 0 Å². The molecule has 9 heteroatoms. The van der Waals surface area contributed by atoms with Crippen molar-refractivity contribution in [3.63, 3.8) is 0 Å². The molecule has 0 aromatic heterocycles. The van der Waals surface area contributed by atoms with Crippen molar-refractivity contribution < 1.29 is 16.8 Å². The van der Waals surface area contributed by atoms with E-state index in [0.29, 0.717) is 11.1 Å². The predicted octanol–water partition coefficient (Wildman–Crippen LogP) is 5.10. The third-order valence-electron chi connectivity index (χ3n) is 7.34. The fourth-order valence-corrected chi connectivity index (χ4v) is 13.0. The van der Waals surface area contributed by atoms with Gasteiger partial charge < -0.3 is 0 Å². The van der Waals surface area contributed by atoms with Crippen LogP contribution < -0.4 is 0 Å². The summed E-state index contributed by atoms with van der Waals surface area (Å²) in [6.45, 7) is 7.28. The Balaban J connectivity index is 1.78. The third kappa shape index (κ3) is 5.01. The number of nitrogens with zero attached hydrogens (tertiary/aromatic N) is 2. The minimum Gasteiger partial charge on any atom is -0.207 e. The van der Waals surface area contributed by atoms with Crippen molar-refractivity contribution in [2.75, 3.05) is 0 Å². The van der Waals surface area contributed by atoms with E-state index in [-0.39, 0.29) is 9.79 Å². The van der Waals surface area contributed by atoms with Gasteiger partial charge in [-0.25, -0.2) is 24.8 Å². The Kier molecular flexibility index (Phi) is 7.38. The fraction of sp³-hybridized carbons (Fsp3) is 0.200. The number of benzene rings is 4. The lowest BCUT2D eigenvalue weighted by Gasteiger charge is -2.30. The van der Waals surface area contributed by atoms with Crippen molar-refractivity contribution in [3.8, 4) is 0 Å². The summed E-state index contributed by atoms with van der Waals surface area (Å²) >= 11 is 0. The number of hydrogen-bond donors (Lipinski definition) is 0. The van der Waals surface area contributed by atoms with Gasteiger partial charge in [0.15, 0.2) is 0 Å². The summed E-state index contributed by atoms with van der Waals surface area (Å²) in [7, 11) is -10.1. The van der Waals surface area contributed by atoms with Crippen LogP contribution in [0.25, 0.3) is 0 Å². The second kappa shape index (κ2) is 10.5. The second-order valence-electron chi connectivity index (χ2n) is 10.2. The van der Waals surface area contributed by atoms with Gasteiger partial charge >= 0.3 is 0 Å². The lowest BCUT2D eigenvalue weighted by Crippen LogP contribution is -2.38. The molecule has 1 saturated heterocycles. The maximum atomic E-state index is 14.4. The van der Waals surface area contributed by atoms with E-state index in [1.54, 1.807) is 38.1 Å². The molecule has 0 aliphatic carbocycles. The van der Waals surface area contributed by atoms with Crippen LogP contribution in [0.1, 0.15) is 45.5 Å². The molecule has 1 aliphatic heterocycles. The Morgan fingerprint density at radius 2 is 0.897 bits per heavy atom. The van der Waals surface area contributed by atoms with Gasteiger partial charge in [0.1, 0.15) is 0 Å². The maximum Gasteiger partial charge on any atom is 0.238 e. The summed E-state index contributed by atoms with van der Waals surface area (Å²) in [4.78, 5) is 0.433.